The number of aliphatic carboxylic acids is 1. The van der Waals surface area contributed by atoms with Crippen molar-refractivity contribution >= 4 is 12.0 Å². The molecule has 0 aromatic rings. The molecule has 0 saturated carbocycles. The minimum atomic E-state index is -0.803. The lowest BCUT2D eigenvalue weighted by Crippen LogP contribution is -2.53. The van der Waals surface area contributed by atoms with Crippen molar-refractivity contribution in [3.8, 4) is 0 Å². The van der Waals surface area contributed by atoms with Crippen molar-refractivity contribution in [1.29, 1.82) is 0 Å². The van der Waals surface area contributed by atoms with E-state index in [2.05, 4.69) is 0 Å². The molecule has 6 nitrogen and oxygen atoms in total. The van der Waals surface area contributed by atoms with E-state index in [4.69, 9.17) is 4.74 Å². The van der Waals surface area contributed by atoms with Crippen molar-refractivity contribution in [3.63, 3.8) is 0 Å². The highest BCUT2D eigenvalue weighted by Gasteiger charge is 2.34. The summed E-state index contributed by atoms with van der Waals surface area (Å²) in [5.74, 6) is -1.01. The zero-order valence-electron chi connectivity index (χ0n) is 12.2. The van der Waals surface area contributed by atoms with Crippen LogP contribution in [0.1, 0.15) is 26.2 Å². The van der Waals surface area contributed by atoms with E-state index in [9.17, 15) is 14.7 Å². The van der Waals surface area contributed by atoms with Gasteiger partial charge in [-0.05, 0) is 25.2 Å². The predicted octanol–water partition coefficient (Wildman–Crippen LogP) is 1.26. The van der Waals surface area contributed by atoms with Crippen LogP contribution in [0.4, 0.5) is 4.79 Å². The molecule has 2 rings (SSSR count). The van der Waals surface area contributed by atoms with Gasteiger partial charge in [0.05, 0.1) is 5.92 Å². The van der Waals surface area contributed by atoms with Gasteiger partial charge in [-0.2, -0.15) is 0 Å². The van der Waals surface area contributed by atoms with Crippen molar-refractivity contribution in [3.05, 3.63) is 0 Å². The molecule has 2 unspecified atom stereocenters. The first-order valence-corrected chi connectivity index (χ1v) is 7.31. The molecule has 2 aliphatic rings. The Balaban J connectivity index is 1.97. The number of carbonyl (C=O) groups is 2. The summed E-state index contributed by atoms with van der Waals surface area (Å²) in [5.41, 5.74) is 0. The lowest BCUT2D eigenvalue weighted by Gasteiger charge is -2.39. The minimum absolute atomic E-state index is 0.0466. The SMILES string of the molecule is CC1CC(C(=O)O)CN(C(=O)N(C)C2CCOCC2)C1. The topological polar surface area (TPSA) is 70.1 Å². The van der Waals surface area contributed by atoms with E-state index < -0.39 is 11.9 Å². The van der Waals surface area contributed by atoms with E-state index in [1.54, 1.807) is 9.80 Å². The van der Waals surface area contributed by atoms with Crippen LogP contribution in [0.15, 0.2) is 0 Å². The number of carboxylic acids is 1. The van der Waals surface area contributed by atoms with Crippen LogP contribution >= 0.6 is 0 Å². The van der Waals surface area contributed by atoms with E-state index in [0.717, 1.165) is 12.8 Å². The molecule has 0 aromatic heterocycles. The Kier molecular flexibility index (Phi) is 4.86. The molecular formula is C14H24N2O4. The molecule has 0 bridgehead atoms. The number of hydrogen-bond acceptors (Lipinski definition) is 3. The number of piperidine rings is 1. The number of nitrogens with zero attached hydrogens (tertiary/aromatic N) is 2. The zero-order chi connectivity index (χ0) is 14.7. The largest absolute Gasteiger partial charge is 0.481 e. The highest BCUT2D eigenvalue weighted by molar-refractivity contribution is 5.76. The van der Waals surface area contributed by atoms with Crippen LogP contribution in [-0.2, 0) is 9.53 Å². The maximum absolute atomic E-state index is 12.5. The number of carboxylic acid groups (broad SMARTS) is 1. The molecule has 0 spiro atoms. The minimum Gasteiger partial charge on any atom is -0.481 e. The molecule has 2 fully saturated rings. The second-order valence-corrected chi connectivity index (χ2v) is 6.02. The van der Waals surface area contributed by atoms with Gasteiger partial charge in [0.25, 0.3) is 0 Å². The molecule has 1 N–H and O–H groups in total. The standard InChI is InChI=1S/C14H24N2O4/c1-10-7-11(13(17)18)9-16(8-10)14(19)15(2)12-3-5-20-6-4-12/h10-12H,3-9H2,1-2H3,(H,17,18). The van der Waals surface area contributed by atoms with Gasteiger partial charge in [0.15, 0.2) is 0 Å². The maximum Gasteiger partial charge on any atom is 0.320 e. The zero-order valence-corrected chi connectivity index (χ0v) is 12.2. The average Bonchev–Trinajstić information content (AvgIpc) is 2.46. The Labute approximate surface area is 119 Å². The molecule has 2 amide bonds. The highest BCUT2D eigenvalue weighted by Crippen LogP contribution is 2.24. The van der Waals surface area contributed by atoms with Crippen LogP contribution in [0.5, 0.6) is 0 Å². The van der Waals surface area contributed by atoms with Crippen molar-refractivity contribution < 1.29 is 19.4 Å². The first kappa shape index (κ1) is 15.1. The molecule has 0 radical (unpaired) electrons. The van der Waals surface area contributed by atoms with Crippen molar-refractivity contribution in [2.24, 2.45) is 11.8 Å². The van der Waals surface area contributed by atoms with Gasteiger partial charge >= 0.3 is 12.0 Å². The van der Waals surface area contributed by atoms with Crippen LogP contribution in [0, 0.1) is 11.8 Å². The Morgan fingerprint density at radius 2 is 1.90 bits per heavy atom. The fraction of sp³-hybridized carbons (Fsp3) is 0.857. The number of amides is 2. The van der Waals surface area contributed by atoms with E-state index in [-0.39, 0.29) is 18.0 Å². The third kappa shape index (κ3) is 3.42. The molecule has 2 atom stereocenters. The van der Waals surface area contributed by atoms with Crippen LogP contribution in [0.3, 0.4) is 0 Å². The van der Waals surface area contributed by atoms with Crippen LogP contribution in [0.2, 0.25) is 0 Å². The maximum atomic E-state index is 12.5. The Hall–Kier alpha value is -1.30. The molecule has 2 heterocycles. The van der Waals surface area contributed by atoms with Gasteiger partial charge in [-0.1, -0.05) is 6.92 Å². The van der Waals surface area contributed by atoms with Crippen LogP contribution < -0.4 is 0 Å². The number of hydrogen-bond donors (Lipinski definition) is 1. The average molecular weight is 284 g/mol. The number of urea groups is 1. The summed E-state index contributed by atoms with van der Waals surface area (Å²) in [4.78, 5) is 27.2. The number of ether oxygens (including phenoxy) is 1. The number of rotatable bonds is 2. The summed E-state index contributed by atoms with van der Waals surface area (Å²) in [5, 5.41) is 9.17. The predicted molar refractivity (Wildman–Crippen MR) is 73.5 cm³/mol. The van der Waals surface area contributed by atoms with Gasteiger partial charge in [0.1, 0.15) is 0 Å². The van der Waals surface area contributed by atoms with Crippen LogP contribution in [-0.4, -0.2) is 66.3 Å². The van der Waals surface area contributed by atoms with Crippen molar-refractivity contribution in [1.82, 2.24) is 9.80 Å². The molecular weight excluding hydrogens is 260 g/mol. The van der Waals surface area contributed by atoms with E-state index in [1.807, 2.05) is 14.0 Å². The van der Waals surface area contributed by atoms with Crippen molar-refractivity contribution in [2.45, 2.75) is 32.2 Å². The van der Waals surface area contributed by atoms with Gasteiger partial charge in [0, 0.05) is 39.4 Å². The second kappa shape index (κ2) is 6.43. The lowest BCUT2D eigenvalue weighted by molar-refractivity contribution is -0.143. The summed E-state index contributed by atoms with van der Waals surface area (Å²) in [7, 11) is 1.81. The molecule has 0 aliphatic carbocycles. The second-order valence-electron chi connectivity index (χ2n) is 6.02. The fourth-order valence-electron chi connectivity index (χ4n) is 3.14. The molecule has 20 heavy (non-hydrogen) atoms. The van der Waals surface area contributed by atoms with Crippen LogP contribution in [0.25, 0.3) is 0 Å². The lowest BCUT2D eigenvalue weighted by atomic mass is 9.90. The third-order valence-corrected chi connectivity index (χ3v) is 4.32. The number of carbonyl (C=O) groups excluding carboxylic acids is 1. The van der Waals surface area contributed by atoms with Crippen molar-refractivity contribution in [2.75, 3.05) is 33.4 Å². The van der Waals surface area contributed by atoms with E-state index in [1.165, 1.54) is 0 Å². The normalized spacial score (nSPS) is 28.2. The molecule has 2 saturated heterocycles. The van der Waals surface area contributed by atoms with Gasteiger partial charge in [0.2, 0.25) is 0 Å². The smallest absolute Gasteiger partial charge is 0.320 e. The Morgan fingerprint density at radius 1 is 1.25 bits per heavy atom. The summed E-state index contributed by atoms with van der Waals surface area (Å²) >= 11 is 0. The molecule has 114 valence electrons. The van der Waals surface area contributed by atoms with Gasteiger partial charge < -0.3 is 19.6 Å². The summed E-state index contributed by atoms with van der Waals surface area (Å²) in [6, 6.07) is 0.159. The molecule has 6 heteroatoms. The molecule has 0 aromatic carbocycles. The first-order valence-electron chi connectivity index (χ1n) is 7.31. The Bertz CT molecular complexity index is 368. The highest BCUT2D eigenvalue weighted by atomic mass is 16.5. The first-order chi connectivity index (χ1) is 9.49. The van der Waals surface area contributed by atoms with Gasteiger partial charge in [-0.15, -0.1) is 0 Å². The summed E-state index contributed by atoms with van der Waals surface area (Å²) in [6.45, 7) is 4.36. The van der Waals surface area contributed by atoms with E-state index >= 15 is 0 Å². The summed E-state index contributed by atoms with van der Waals surface area (Å²) in [6.07, 6.45) is 2.36. The summed E-state index contributed by atoms with van der Waals surface area (Å²) < 4.78 is 5.31. The van der Waals surface area contributed by atoms with E-state index in [0.29, 0.717) is 32.7 Å². The Morgan fingerprint density at radius 3 is 2.50 bits per heavy atom. The monoisotopic (exact) mass is 284 g/mol. The quantitative estimate of drug-likeness (QED) is 0.828. The van der Waals surface area contributed by atoms with Gasteiger partial charge in [-0.3, -0.25) is 4.79 Å². The fourth-order valence-corrected chi connectivity index (χ4v) is 3.14. The molecule has 2 aliphatic heterocycles. The third-order valence-electron chi connectivity index (χ3n) is 4.32. The van der Waals surface area contributed by atoms with Gasteiger partial charge in [-0.25, -0.2) is 4.79 Å². The number of likely N-dealkylation sites (tertiary alicyclic amines) is 1.